The van der Waals surface area contributed by atoms with E-state index in [1.54, 1.807) is 21.1 Å². The van der Waals surface area contributed by atoms with Crippen molar-refractivity contribution in [2.24, 2.45) is 0 Å². The van der Waals surface area contributed by atoms with Gasteiger partial charge >= 0.3 is 11.9 Å². The Morgan fingerprint density at radius 3 is 1.48 bits per heavy atom. The zero-order valence-corrected chi connectivity index (χ0v) is 39.2. The van der Waals surface area contributed by atoms with Crippen LogP contribution in [0.3, 0.4) is 0 Å². The highest BCUT2D eigenvalue weighted by atomic mass is 16.6. The number of ether oxygens (including phenoxy) is 3. The SMILES string of the molecule is CC/C=C/C=C/C=C/C=C/C=C/C=C/CCCCCC(=O)OC(COCCC(C(=O)[O-])[N+](C)(C)C)COC(=O)CCCC/C=C/C/C=C/C/C=C/C/C=C/C/C=C/CCCCC. The monoisotopic (exact) mass is 858 g/mol. The normalized spacial score (nSPS) is 14.1. The van der Waals surface area contributed by atoms with E-state index in [1.165, 1.54) is 25.7 Å². The maximum absolute atomic E-state index is 12.7. The van der Waals surface area contributed by atoms with Gasteiger partial charge in [0, 0.05) is 19.3 Å². The van der Waals surface area contributed by atoms with E-state index in [-0.39, 0.29) is 55.5 Å². The van der Waals surface area contributed by atoms with E-state index in [0.717, 1.165) is 64.2 Å². The summed E-state index contributed by atoms with van der Waals surface area (Å²) in [5.74, 6) is -1.87. The maximum Gasteiger partial charge on any atom is 0.306 e. The third-order valence-electron chi connectivity index (χ3n) is 9.43. The van der Waals surface area contributed by atoms with Crippen LogP contribution >= 0.6 is 0 Å². The summed E-state index contributed by atoms with van der Waals surface area (Å²) in [5, 5.41) is 11.6. The van der Waals surface area contributed by atoms with Crippen molar-refractivity contribution >= 4 is 17.9 Å². The van der Waals surface area contributed by atoms with Crippen molar-refractivity contribution in [2.45, 2.75) is 148 Å². The Labute approximate surface area is 377 Å². The lowest BCUT2D eigenvalue weighted by molar-refractivity contribution is -0.889. The summed E-state index contributed by atoms with van der Waals surface area (Å²) in [6, 6.07) is -0.751. The summed E-state index contributed by atoms with van der Waals surface area (Å²) >= 11 is 0. The molecule has 0 aromatic heterocycles. The number of carbonyl (C=O) groups is 3. The van der Waals surface area contributed by atoms with Crippen LogP contribution in [0.1, 0.15) is 136 Å². The molecule has 0 spiro atoms. The minimum atomic E-state index is -1.15. The molecule has 0 N–H and O–H groups in total. The summed E-state index contributed by atoms with van der Waals surface area (Å²) < 4.78 is 17.1. The van der Waals surface area contributed by atoms with Gasteiger partial charge in [-0.15, -0.1) is 0 Å². The van der Waals surface area contributed by atoms with E-state index in [2.05, 4.69) is 86.8 Å². The first-order valence-electron chi connectivity index (χ1n) is 23.3. The molecule has 0 aliphatic heterocycles. The number of carbonyl (C=O) groups excluding carboxylic acids is 3. The van der Waals surface area contributed by atoms with E-state index in [0.29, 0.717) is 12.8 Å². The van der Waals surface area contributed by atoms with Gasteiger partial charge in [0.25, 0.3) is 0 Å². The number of quaternary nitrogens is 1. The quantitative estimate of drug-likeness (QED) is 0.0199. The molecule has 0 radical (unpaired) electrons. The Morgan fingerprint density at radius 1 is 0.516 bits per heavy atom. The minimum Gasteiger partial charge on any atom is -0.544 e. The van der Waals surface area contributed by atoms with Crippen molar-refractivity contribution in [3.63, 3.8) is 0 Å². The Balaban J connectivity index is 4.52. The van der Waals surface area contributed by atoms with Gasteiger partial charge in [-0.3, -0.25) is 9.59 Å². The number of hydrogen-bond acceptors (Lipinski definition) is 7. The Morgan fingerprint density at radius 2 is 0.968 bits per heavy atom. The molecular formula is C54H83NO7. The van der Waals surface area contributed by atoms with Crippen LogP contribution in [0.15, 0.2) is 134 Å². The van der Waals surface area contributed by atoms with Crippen molar-refractivity contribution in [3.8, 4) is 0 Å². The van der Waals surface area contributed by atoms with Gasteiger partial charge in [0.15, 0.2) is 6.10 Å². The molecule has 0 amide bonds. The summed E-state index contributed by atoms with van der Waals surface area (Å²) in [4.78, 5) is 36.9. The van der Waals surface area contributed by atoms with Gasteiger partial charge in [-0.25, -0.2) is 0 Å². The van der Waals surface area contributed by atoms with Crippen molar-refractivity contribution in [2.75, 3.05) is 41.0 Å². The van der Waals surface area contributed by atoms with E-state index in [1.807, 2.05) is 60.8 Å². The predicted molar refractivity (Wildman–Crippen MR) is 258 cm³/mol. The molecule has 0 bridgehead atoms. The van der Waals surface area contributed by atoms with Crippen LogP contribution in [0, 0.1) is 0 Å². The summed E-state index contributed by atoms with van der Waals surface area (Å²) in [7, 11) is 5.36. The molecule has 62 heavy (non-hydrogen) atoms. The molecule has 0 aliphatic carbocycles. The molecule has 0 heterocycles. The number of nitrogens with zero attached hydrogens (tertiary/aromatic N) is 1. The van der Waals surface area contributed by atoms with Gasteiger partial charge in [-0.05, 0) is 83.5 Å². The van der Waals surface area contributed by atoms with Gasteiger partial charge in [-0.2, -0.15) is 0 Å². The second-order valence-electron chi connectivity index (χ2n) is 16.1. The van der Waals surface area contributed by atoms with Crippen LogP contribution in [-0.4, -0.2) is 75.5 Å². The Bertz CT molecular complexity index is 1470. The van der Waals surface area contributed by atoms with Crippen LogP contribution in [0.2, 0.25) is 0 Å². The van der Waals surface area contributed by atoms with Crippen molar-refractivity contribution in [3.05, 3.63) is 134 Å². The fourth-order valence-corrected chi connectivity index (χ4v) is 5.82. The molecule has 8 heteroatoms. The number of unbranched alkanes of at least 4 members (excludes halogenated alkanes) is 8. The summed E-state index contributed by atoms with van der Waals surface area (Å²) in [6.45, 7) is 4.36. The zero-order valence-electron chi connectivity index (χ0n) is 39.2. The standard InChI is InChI=1S/C54H83NO7/c1-6-8-10-12-14-16-18-20-22-24-25-26-27-29-30-32-34-36-38-40-42-44-52(56)61-49-50(48-60-47-46-51(54(58)59)55(3,4)5)62-53(57)45-43-41-39-37-35-33-31-28-23-21-19-17-15-13-11-9-7-2/h9,11,13-17,19-23,25-26,28-31,33-36,50-51H,6-8,10,12,18,24,27,32,37-49H2,1-5H3/b11-9+,15-13+,16-14+,19-17+,22-20+,23-21+,26-25+,30-29+,31-28+,35-33+,36-34+. The van der Waals surface area contributed by atoms with Gasteiger partial charge in [0.05, 0.1) is 40.3 Å². The van der Waals surface area contributed by atoms with Gasteiger partial charge in [-0.1, -0.05) is 167 Å². The molecular weight excluding hydrogens is 775 g/mol. The van der Waals surface area contributed by atoms with Gasteiger partial charge in [0.2, 0.25) is 0 Å². The van der Waals surface area contributed by atoms with Crippen molar-refractivity contribution in [1.82, 2.24) is 0 Å². The minimum absolute atomic E-state index is 0.00233. The van der Waals surface area contributed by atoms with Gasteiger partial charge in [0.1, 0.15) is 12.6 Å². The Kier molecular flexibility index (Phi) is 40.0. The molecule has 0 rings (SSSR count). The zero-order chi connectivity index (χ0) is 45.6. The fourth-order valence-electron chi connectivity index (χ4n) is 5.82. The number of carboxylic acids is 1. The number of likely N-dealkylation sites (N-methyl/N-ethyl adjacent to an activating group) is 1. The number of esters is 2. The van der Waals surface area contributed by atoms with Crippen molar-refractivity contribution in [1.29, 1.82) is 0 Å². The van der Waals surface area contributed by atoms with E-state index < -0.39 is 18.1 Å². The lowest BCUT2D eigenvalue weighted by Crippen LogP contribution is -2.55. The first kappa shape index (κ1) is 57.5. The molecule has 0 saturated heterocycles. The number of aliphatic carboxylic acids is 1. The molecule has 0 aliphatic rings. The highest BCUT2D eigenvalue weighted by Gasteiger charge is 2.25. The molecule has 0 saturated carbocycles. The predicted octanol–water partition coefficient (Wildman–Crippen LogP) is 11.9. The smallest absolute Gasteiger partial charge is 0.306 e. The molecule has 346 valence electrons. The lowest BCUT2D eigenvalue weighted by atomic mass is 10.1. The summed E-state index contributed by atoms with van der Waals surface area (Å²) in [5.41, 5.74) is 0. The third kappa shape index (κ3) is 40.9. The first-order chi connectivity index (χ1) is 30.1. The topological polar surface area (TPSA) is 102 Å². The summed E-state index contributed by atoms with van der Waals surface area (Å²) in [6.07, 6.45) is 61.9. The number of allylic oxidation sites excluding steroid dienone is 22. The molecule has 0 aromatic rings. The van der Waals surface area contributed by atoms with E-state index in [9.17, 15) is 19.5 Å². The second-order valence-corrected chi connectivity index (χ2v) is 16.1. The van der Waals surface area contributed by atoms with E-state index in [4.69, 9.17) is 14.2 Å². The Hall–Kier alpha value is -4.53. The number of rotatable bonds is 39. The van der Waals surface area contributed by atoms with Crippen LogP contribution in [-0.2, 0) is 28.6 Å². The largest absolute Gasteiger partial charge is 0.544 e. The average Bonchev–Trinajstić information content (AvgIpc) is 3.23. The highest BCUT2D eigenvalue weighted by molar-refractivity contribution is 5.70. The second kappa shape index (κ2) is 43.1. The lowest BCUT2D eigenvalue weighted by Gasteiger charge is -2.34. The van der Waals surface area contributed by atoms with Crippen LogP contribution in [0.25, 0.3) is 0 Å². The van der Waals surface area contributed by atoms with Crippen LogP contribution < -0.4 is 5.11 Å². The molecule has 0 fully saturated rings. The highest BCUT2D eigenvalue weighted by Crippen LogP contribution is 2.11. The fraction of sp³-hybridized carbons (Fsp3) is 0.537. The molecule has 0 aromatic carbocycles. The number of carboxylic acid groups (broad SMARTS) is 1. The van der Waals surface area contributed by atoms with Crippen molar-refractivity contribution < 1.29 is 38.2 Å². The van der Waals surface area contributed by atoms with E-state index >= 15 is 0 Å². The van der Waals surface area contributed by atoms with Crippen LogP contribution in [0.5, 0.6) is 0 Å². The molecule has 2 atom stereocenters. The average molecular weight is 858 g/mol. The maximum atomic E-state index is 12.7. The van der Waals surface area contributed by atoms with Crippen LogP contribution in [0.4, 0.5) is 0 Å². The van der Waals surface area contributed by atoms with Gasteiger partial charge < -0.3 is 28.6 Å². The first-order valence-corrected chi connectivity index (χ1v) is 23.3. The molecule has 2 unspecified atom stereocenters. The molecule has 8 nitrogen and oxygen atoms in total. The number of hydrogen-bond donors (Lipinski definition) is 0. The third-order valence-corrected chi connectivity index (χ3v) is 9.43.